The first-order valence-electron chi connectivity index (χ1n) is 11.3. The number of amides is 1. The number of aromatic nitrogens is 2. The van der Waals surface area contributed by atoms with Crippen LogP contribution in [-0.2, 0) is 17.6 Å². The monoisotopic (exact) mass is 471 g/mol. The van der Waals surface area contributed by atoms with Crippen molar-refractivity contribution < 1.29 is 9.18 Å². The van der Waals surface area contributed by atoms with Gasteiger partial charge in [0.2, 0.25) is 5.91 Å². The van der Waals surface area contributed by atoms with Gasteiger partial charge in [-0.05, 0) is 68.7 Å². The van der Waals surface area contributed by atoms with Crippen LogP contribution >= 0.6 is 23.1 Å². The lowest BCUT2D eigenvalue weighted by atomic mass is 9.97. The SMILES string of the molecule is Cc1ccc(NC(=O)CSc2nc3sc4c(c3c(=O)n2C2CCCC2)CCCC4)cc1F. The first kappa shape index (κ1) is 21.6. The van der Waals surface area contributed by atoms with Crippen molar-refractivity contribution in [2.24, 2.45) is 0 Å². The average Bonchev–Trinajstić information content (AvgIpc) is 3.42. The van der Waals surface area contributed by atoms with E-state index in [1.807, 2.05) is 4.57 Å². The number of rotatable bonds is 5. The van der Waals surface area contributed by atoms with Crippen LogP contribution in [0.4, 0.5) is 10.1 Å². The van der Waals surface area contributed by atoms with E-state index in [-0.39, 0.29) is 29.1 Å². The normalized spacial score (nSPS) is 16.4. The van der Waals surface area contributed by atoms with Crippen LogP contribution in [0.15, 0.2) is 28.2 Å². The fourth-order valence-electron chi connectivity index (χ4n) is 4.78. The van der Waals surface area contributed by atoms with Gasteiger partial charge in [0.05, 0.1) is 11.1 Å². The minimum atomic E-state index is -0.348. The predicted molar refractivity (Wildman–Crippen MR) is 129 cm³/mol. The summed E-state index contributed by atoms with van der Waals surface area (Å²) >= 11 is 2.94. The third-order valence-electron chi connectivity index (χ3n) is 6.47. The number of aryl methyl sites for hydroxylation is 3. The molecule has 3 aromatic rings. The number of carbonyl (C=O) groups is 1. The molecule has 1 fully saturated rings. The van der Waals surface area contributed by atoms with Crippen molar-refractivity contribution in [2.45, 2.75) is 69.5 Å². The molecule has 1 N–H and O–H groups in total. The van der Waals surface area contributed by atoms with E-state index in [0.717, 1.165) is 61.6 Å². The number of thioether (sulfide) groups is 1. The highest BCUT2D eigenvalue weighted by molar-refractivity contribution is 7.99. The molecule has 2 aliphatic carbocycles. The molecule has 0 aliphatic heterocycles. The minimum Gasteiger partial charge on any atom is -0.325 e. The van der Waals surface area contributed by atoms with Crippen molar-refractivity contribution in [3.63, 3.8) is 0 Å². The van der Waals surface area contributed by atoms with Gasteiger partial charge in [-0.25, -0.2) is 9.37 Å². The second-order valence-corrected chi connectivity index (χ2v) is 10.7. The van der Waals surface area contributed by atoms with Crippen molar-refractivity contribution in [1.29, 1.82) is 0 Å². The lowest BCUT2D eigenvalue weighted by Gasteiger charge is -2.18. The highest BCUT2D eigenvalue weighted by Gasteiger charge is 2.27. The number of carbonyl (C=O) groups excluding carboxylic acids is 1. The van der Waals surface area contributed by atoms with Crippen LogP contribution in [0, 0.1) is 12.7 Å². The summed E-state index contributed by atoms with van der Waals surface area (Å²) in [5.74, 6) is -0.471. The highest BCUT2D eigenvalue weighted by atomic mass is 32.2. The van der Waals surface area contributed by atoms with Gasteiger partial charge >= 0.3 is 0 Å². The molecule has 0 saturated heterocycles. The second kappa shape index (κ2) is 8.98. The molecule has 0 spiro atoms. The van der Waals surface area contributed by atoms with Crippen LogP contribution in [0.3, 0.4) is 0 Å². The zero-order valence-electron chi connectivity index (χ0n) is 18.1. The minimum absolute atomic E-state index is 0.0600. The summed E-state index contributed by atoms with van der Waals surface area (Å²) in [5.41, 5.74) is 2.23. The molecule has 1 amide bonds. The number of fused-ring (bicyclic) bond motifs is 3. The Labute approximate surface area is 194 Å². The molecule has 2 aliphatic rings. The molecule has 0 radical (unpaired) electrons. The molecular weight excluding hydrogens is 445 g/mol. The van der Waals surface area contributed by atoms with Crippen LogP contribution in [0.2, 0.25) is 0 Å². The number of thiophene rings is 1. The van der Waals surface area contributed by atoms with E-state index in [1.165, 1.54) is 28.3 Å². The fourth-order valence-corrected chi connectivity index (χ4v) is 6.95. The average molecular weight is 472 g/mol. The van der Waals surface area contributed by atoms with E-state index in [2.05, 4.69) is 5.32 Å². The molecule has 5 rings (SSSR count). The zero-order valence-corrected chi connectivity index (χ0v) is 19.7. The smallest absolute Gasteiger partial charge is 0.263 e. The van der Waals surface area contributed by atoms with Crippen LogP contribution in [0.25, 0.3) is 10.2 Å². The fraction of sp³-hybridized carbons (Fsp3) is 0.458. The largest absolute Gasteiger partial charge is 0.325 e. The molecule has 8 heteroatoms. The lowest BCUT2D eigenvalue weighted by Crippen LogP contribution is -2.27. The molecule has 1 aromatic carbocycles. The van der Waals surface area contributed by atoms with Crippen molar-refractivity contribution in [2.75, 3.05) is 11.1 Å². The second-order valence-electron chi connectivity index (χ2n) is 8.70. The number of benzene rings is 1. The van der Waals surface area contributed by atoms with Gasteiger partial charge in [0.25, 0.3) is 5.56 Å². The van der Waals surface area contributed by atoms with Gasteiger partial charge in [-0.15, -0.1) is 11.3 Å². The third kappa shape index (κ3) is 4.10. The van der Waals surface area contributed by atoms with E-state index in [9.17, 15) is 14.0 Å². The van der Waals surface area contributed by atoms with Gasteiger partial charge in [0, 0.05) is 16.6 Å². The quantitative estimate of drug-likeness (QED) is 0.387. The first-order chi connectivity index (χ1) is 15.5. The van der Waals surface area contributed by atoms with Gasteiger partial charge in [-0.1, -0.05) is 30.7 Å². The highest BCUT2D eigenvalue weighted by Crippen LogP contribution is 2.37. The van der Waals surface area contributed by atoms with E-state index in [1.54, 1.807) is 30.4 Å². The number of halogens is 1. The van der Waals surface area contributed by atoms with Gasteiger partial charge < -0.3 is 5.32 Å². The topological polar surface area (TPSA) is 64.0 Å². The van der Waals surface area contributed by atoms with Crippen LogP contribution in [-0.4, -0.2) is 21.2 Å². The Balaban J connectivity index is 1.44. The zero-order chi connectivity index (χ0) is 22.2. The van der Waals surface area contributed by atoms with E-state index < -0.39 is 0 Å². The number of nitrogens with one attached hydrogen (secondary N) is 1. The van der Waals surface area contributed by atoms with Gasteiger partial charge in [-0.3, -0.25) is 14.2 Å². The van der Waals surface area contributed by atoms with E-state index >= 15 is 0 Å². The molecule has 1 saturated carbocycles. The maximum atomic E-state index is 13.8. The van der Waals surface area contributed by atoms with Crippen LogP contribution in [0.5, 0.6) is 0 Å². The summed E-state index contributed by atoms with van der Waals surface area (Å²) in [6, 6.07) is 4.81. The van der Waals surface area contributed by atoms with Crippen molar-refractivity contribution in [1.82, 2.24) is 9.55 Å². The van der Waals surface area contributed by atoms with E-state index in [4.69, 9.17) is 4.98 Å². The Kier molecular flexibility index (Phi) is 6.07. The number of nitrogens with zero attached hydrogens (tertiary/aromatic N) is 2. The summed E-state index contributed by atoms with van der Waals surface area (Å²) < 4.78 is 15.7. The van der Waals surface area contributed by atoms with Gasteiger partial charge in [0.15, 0.2) is 5.16 Å². The summed E-state index contributed by atoms with van der Waals surface area (Å²) in [6.45, 7) is 1.68. The van der Waals surface area contributed by atoms with Gasteiger partial charge in [-0.2, -0.15) is 0 Å². The Morgan fingerprint density at radius 1 is 1.25 bits per heavy atom. The van der Waals surface area contributed by atoms with Crippen molar-refractivity contribution in [3.05, 3.63) is 50.4 Å². The standard InChI is InChI=1S/C24H26FN3O2S2/c1-14-10-11-15(12-18(14)25)26-20(29)13-31-24-27-22-21(17-8-4-5-9-19(17)32-22)23(30)28(24)16-6-2-3-7-16/h10-12,16H,2-9,13H2,1H3,(H,26,29). The first-order valence-corrected chi connectivity index (χ1v) is 13.1. The van der Waals surface area contributed by atoms with Gasteiger partial charge in [0.1, 0.15) is 10.6 Å². The number of anilines is 1. The molecule has 5 nitrogen and oxygen atoms in total. The molecule has 2 aromatic heterocycles. The Hall–Kier alpha value is -2.19. The molecule has 2 heterocycles. The summed E-state index contributed by atoms with van der Waals surface area (Å²) in [5, 5.41) is 4.18. The summed E-state index contributed by atoms with van der Waals surface area (Å²) in [7, 11) is 0. The number of hydrogen-bond acceptors (Lipinski definition) is 5. The van der Waals surface area contributed by atoms with Crippen LogP contribution in [0.1, 0.15) is 60.6 Å². The molecule has 168 valence electrons. The Morgan fingerprint density at radius 3 is 2.81 bits per heavy atom. The van der Waals surface area contributed by atoms with Crippen LogP contribution < -0.4 is 10.9 Å². The Morgan fingerprint density at radius 2 is 2.03 bits per heavy atom. The molecule has 0 unspecified atom stereocenters. The molecule has 32 heavy (non-hydrogen) atoms. The van der Waals surface area contributed by atoms with Crippen molar-refractivity contribution >= 4 is 44.9 Å². The van der Waals surface area contributed by atoms with E-state index in [0.29, 0.717) is 16.4 Å². The molecule has 0 atom stereocenters. The summed E-state index contributed by atoms with van der Waals surface area (Å²) in [6.07, 6.45) is 8.44. The molecular formula is C24H26FN3O2S2. The third-order valence-corrected chi connectivity index (χ3v) is 8.60. The maximum absolute atomic E-state index is 13.8. The number of hydrogen-bond donors (Lipinski definition) is 1. The molecule has 0 bridgehead atoms. The summed E-state index contributed by atoms with van der Waals surface area (Å²) in [4.78, 5) is 33.2. The predicted octanol–water partition coefficient (Wildman–Crippen LogP) is 5.63. The maximum Gasteiger partial charge on any atom is 0.263 e. The van der Waals surface area contributed by atoms with Crippen molar-refractivity contribution in [3.8, 4) is 0 Å². The Bertz CT molecular complexity index is 1240. The lowest BCUT2D eigenvalue weighted by molar-refractivity contribution is -0.113.